The SMILES string of the molecule is CCCCCCCCCCCC1=N[C@@H](C)CC1. The van der Waals surface area contributed by atoms with Crippen LogP contribution in [0.2, 0.25) is 0 Å². The first-order valence-electron chi connectivity index (χ1n) is 7.88. The summed E-state index contributed by atoms with van der Waals surface area (Å²) >= 11 is 0. The number of aliphatic imine (C=N–C) groups is 1. The third kappa shape index (κ3) is 7.57. The molecule has 0 unspecified atom stereocenters. The number of nitrogens with zero attached hydrogens (tertiary/aromatic N) is 1. The lowest BCUT2D eigenvalue weighted by Crippen LogP contribution is -1.92. The molecule has 1 heterocycles. The summed E-state index contributed by atoms with van der Waals surface area (Å²) in [7, 11) is 0. The van der Waals surface area contributed by atoms with Crippen molar-refractivity contribution >= 4 is 5.71 Å². The maximum atomic E-state index is 4.67. The van der Waals surface area contributed by atoms with Crippen LogP contribution in [0.3, 0.4) is 0 Å². The molecular weight excluding hydrogens is 206 g/mol. The number of hydrogen-bond donors (Lipinski definition) is 0. The van der Waals surface area contributed by atoms with Gasteiger partial charge in [0.25, 0.3) is 0 Å². The third-order valence-electron chi connectivity index (χ3n) is 3.82. The van der Waals surface area contributed by atoms with Crippen LogP contribution in [0.1, 0.15) is 90.9 Å². The Labute approximate surface area is 108 Å². The molecule has 0 saturated heterocycles. The van der Waals surface area contributed by atoms with Crippen molar-refractivity contribution < 1.29 is 0 Å². The molecule has 0 saturated carbocycles. The molecule has 1 heteroatoms. The van der Waals surface area contributed by atoms with Crippen LogP contribution in [0.5, 0.6) is 0 Å². The minimum Gasteiger partial charge on any atom is -0.291 e. The molecule has 17 heavy (non-hydrogen) atoms. The van der Waals surface area contributed by atoms with Gasteiger partial charge in [-0.25, -0.2) is 0 Å². The van der Waals surface area contributed by atoms with Crippen molar-refractivity contribution in [2.24, 2.45) is 4.99 Å². The van der Waals surface area contributed by atoms with Gasteiger partial charge < -0.3 is 0 Å². The molecule has 0 radical (unpaired) electrons. The van der Waals surface area contributed by atoms with Gasteiger partial charge in [0.05, 0.1) is 0 Å². The second-order valence-electron chi connectivity index (χ2n) is 5.66. The van der Waals surface area contributed by atoms with E-state index in [0.29, 0.717) is 6.04 Å². The van der Waals surface area contributed by atoms with Crippen molar-refractivity contribution in [2.45, 2.75) is 96.9 Å². The Balaban J connectivity index is 1.80. The maximum Gasteiger partial charge on any atom is 0.0474 e. The van der Waals surface area contributed by atoms with Gasteiger partial charge in [0.15, 0.2) is 0 Å². The van der Waals surface area contributed by atoms with E-state index in [9.17, 15) is 0 Å². The number of unbranched alkanes of at least 4 members (excludes halogenated alkanes) is 8. The zero-order valence-electron chi connectivity index (χ0n) is 12.0. The molecule has 0 aromatic rings. The molecule has 0 aromatic heterocycles. The first-order chi connectivity index (χ1) is 8.33. The lowest BCUT2D eigenvalue weighted by Gasteiger charge is -2.02. The molecule has 0 spiro atoms. The van der Waals surface area contributed by atoms with Crippen LogP contribution in [0, 0.1) is 0 Å². The monoisotopic (exact) mass is 237 g/mol. The molecule has 1 aliphatic heterocycles. The Hall–Kier alpha value is -0.330. The van der Waals surface area contributed by atoms with Gasteiger partial charge in [-0.05, 0) is 32.6 Å². The topological polar surface area (TPSA) is 12.4 Å². The van der Waals surface area contributed by atoms with E-state index in [-0.39, 0.29) is 0 Å². The van der Waals surface area contributed by atoms with Gasteiger partial charge in [-0.3, -0.25) is 4.99 Å². The van der Waals surface area contributed by atoms with Crippen LogP contribution >= 0.6 is 0 Å². The summed E-state index contributed by atoms with van der Waals surface area (Å²) in [5, 5.41) is 0. The number of rotatable bonds is 10. The fourth-order valence-electron chi connectivity index (χ4n) is 2.65. The summed E-state index contributed by atoms with van der Waals surface area (Å²) in [5.74, 6) is 0. The maximum absolute atomic E-state index is 4.67. The highest BCUT2D eigenvalue weighted by atomic mass is 14.8. The lowest BCUT2D eigenvalue weighted by molar-refractivity contribution is 0.568. The van der Waals surface area contributed by atoms with Crippen molar-refractivity contribution in [2.75, 3.05) is 0 Å². The molecule has 0 aliphatic carbocycles. The van der Waals surface area contributed by atoms with E-state index in [1.165, 1.54) is 82.8 Å². The number of hydrogen-bond acceptors (Lipinski definition) is 1. The van der Waals surface area contributed by atoms with Crippen molar-refractivity contribution in [1.29, 1.82) is 0 Å². The molecule has 0 amide bonds. The predicted molar refractivity (Wildman–Crippen MR) is 78.0 cm³/mol. The van der Waals surface area contributed by atoms with Crippen LogP contribution in [-0.4, -0.2) is 11.8 Å². The van der Waals surface area contributed by atoms with E-state index in [1.807, 2.05) is 0 Å². The van der Waals surface area contributed by atoms with Gasteiger partial charge in [-0.1, -0.05) is 58.3 Å². The highest BCUT2D eigenvalue weighted by Gasteiger charge is 2.11. The summed E-state index contributed by atoms with van der Waals surface area (Å²) in [6.45, 7) is 4.52. The van der Waals surface area contributed by atoms with Crippen LogP contribution in [0.15, 0.2) is 4.99 Å². The van der Waals surface area contributed by atoms with E-state index in [4.69, 9.17) is 0 Å². The van der Waals surface area contributed by atoms with Crippen molar-refractivity contribution in [3.05, 3.63) is 0 Å². The fourth-order valence-corrected chi connectivity index (χ4v) is 2.65. The third-order valence-corrected chi connectivity index (χ3v) is 3.82. The highest BCUT2D eigenvalue weighted by molar-refractivity contribution is 5.86. The van der Waals surface area contributed by atoms with Crippen molar-refractivity contribution in [1.82, 2.24) is 0 Å². The lowest BCUT2D eigenvalue weighted by atomic mass is 10.0. The second-order valence-corrected chi connectivity index (χ2v) is 5.66. The first kappa shape index (κ1) is 14.7. The Morgan fingerprint density at radius 2 is 1.53 bits per heavy atom. The molecule has 1 rings (SSSR count). The molecule has 1 aliphatic rings. The molecule has 1 atom stereocenters. The summed E-state index contributed by atoms with van der Waals surface area (Å²) in [4.78, 5) is 4.67. The molecule has 0 N–H and O–H groups in total. The smallest absolute Gasteiger partial charge is 0.0474 e. The van der Waals surface area contributed by atoms with Crippen LogP contribution < -0.4 is 0 Å². The predicted octanol–water partition coefficient (Wildman–Crippen LogP) is 5.53. The summed E-state index contributed by atoms with van der Waals surface area (Å²) in [6, 6.07) is 0.614. The van der Waals surface area contributed by atoms with E-state index in [1.54, 1.807) is 0 Å². The van der Waals surface area contributed by atoms with E-state index in [0.717, 1.165) is 0 Å². The minimum absolute atomic E-state index is 0.614. The molecule has 0 bridgehead atoms. The quantitative estimate of drug-likeness (QED) is 0.443. The van der Waals surface area contributed by atoms with Crippen LogP contribution in [0.25, 0.3) is 0 Å². The van der Waals surface area contributed by atoms with Gasteiger partial charge in [0.1, 0.15) is 0 Å². The van der Waals surface area contributed by atoms with E-state index < -0.39 is 0 Å². The van der Waals surface area contributed by atoms with Crippen molar-refractivity contribution in [3.8, 4) is 0 Å². The Kier molecular flexibility index (Phi) is 8.38. The van der Waals surface area contributed by atoms with E-state index >= 15 is 0 Å². The van der Waals surface area contributed by atoms with Gasteiger partial charge in [-0.15, -0.1) is 0 Å². The van der Waals surface area contributed by atoms with Gasteiger partial charge in [-0.2, -0.15) is 0 Å². The normalized spacial score (nSPS) is 19.6. The van der Waals surface area contributed by atoms with Gasteiger partial charge in [0, 0.05) is 11.8 Å². The van der Waals surface area contributed by atoms with Crippen molar-refractivity contribution in [3.63, 3.8) is 0 Å². The minimum atomic E-state index is 0.614. The average Bonchev–Trinajstić information content (AvgIpc) is 2.73. The highest BCUT2D eigenvalue weighted by Crippen LogP contribution is 2.17. The van der Waals surface area contributed by atoms with Gasteiger partial charge >= 0.3 is 0 Å². The Bertz CT molecular complexity index is 208. The van der Waals surface area contributed by atoms with Crippen LogP contribution in [0.4, 0.5) is 0 Å². The summed E-state index contributed by atoms with van der Waals surface area (Å²) < 4.78 is 0. The zero-order chi connectivity index (χ0) is 12.3. The largest absolute Gasteiger partial charge is 0.291 e. The summed E-state index contributed by atoms with van der Waals surface area (Å²) in [5.41, 5.74) is 1.50. The van der Waals surface area contributed by atoms with Crippen LogP contribution in [-0.2, 0) is 0 Å². The first-order valence-corrected chi connectivity index (χ1v) is 7.88. The Morgan fingerprint density at radius 3 is 2.06 bits per heavy atom. The molecular formula is C16H31N. The zero-order valence-corrected chi connectivity index (χ0v) is 12.0. The Morgan fingerprint density at radius 1 is 0.941 bits per heavy atom. The molecule has 1 nitrogen and oxygen atoms in total. The molecule has 0 fully saturated rings. The standard InChI is InChI=1S/C16H31N/c1-3-4-5-6-7-8-9-10-11-12-16-14-13-15(2)17-16/h15H,3-14H2,1-2H3/t15-/m0/s1. The average molecular weight is 237 g/mol. The van der Waals surface area contributed by atoms with E-state index in [2.05, 4.69) is 18.8 Å². The molecule has 0 aromatic carbocycles. The summed E-state index contributed by atoms with van der Waals surface area (Å²) in [6.07, 6.45) is 16.7. The van der Waals surface area contributed by atoms with Gasteiger partial charge in [0.2, 0.25) is 0 Å². The molecule has 100 valence electrons. The fraction of sp³-hybridized carbons (Fsp3) is 0.938. The second kappa shape index (κ2) is 9.67.